The van der Waals surface area contributed by atoms with Crippen molar-refractivity contribution in [3.05, 3.63) is 42.0 Å². The van der Waals surface area contributed by atoms with Gasteiger partial charge >= 0.3 is 29.6 Å². The Kier molecular flexibility index (Phi) is 5.57. The van der Waals surface area contributed by atoms with E-state index in [0.717, 1.165) is 6.42 Å². The number of rotatable bonds is 2. The second kappa shape index (κ2) is 5.59. The molecular weight excluding hydrogens is 143 g/mol. The van der Waals surface area contributed by atoms with E-state index in [0.29, 0.717) is 0 Å². The van der Waals surface area contributed by atoms with Gasteiger partial charge in [-0.05, 0) is 17.5 Å². The average Bonchev–Trinajstić information content (AvgIpc) is 2.04. The van der Waals surface area contributed by atoms with E-state index >= 15 is 0 Å². The Labute approximate surface area is 90.6 Å². The van der Waals surface area contributed by atoms with E-state index in [9.17, 15) is 0 Å². The molecule has 1 rings (SSSR count). The van der Waals surface area contributed by atoms with Crippen molar-refractivity contribution in [3.63, 3.8) is 0 Å². The van der Waals surface area contributed by atoms with Crippen molar-refractivity contribution < 1.29 is 0 Å². The molecule has 0 saturated carbocycles. The first-order valence-electron chi connectivity index (χ1n) is 3.58. The summed E-state index contributed by atoms with van der Waals surface area (Å²) in [6.07, 6.45) is 2.99. The standard InChI is InChI=1S/C10H12.Na.H/c1-3-9-7-5-6-8-10(9)4-2;;/h3,5-8H,1,4H2,2H3;;. The molecule has 0 aliphatic rings. The minimum atomic E-state index is 0. The fourth-order valence-electron chi connectivity index (χ4n) is 1.06. The van der Waals surface area contributed by atoms with Crippen LogP contribution in [0.15, 0.2) is 30.8 Å². The van der Waals surface area contributed by atoms with E-state index in [2.05, 4.69) is 31.7 Å². The van der Waals surface area contributed by atoms with Crippen LogP contribution in [0.5, 0.6) is 0 Å². The first-order valence-corrected chi connectivity index (χ1v) is 3.58. The van der Waals surface area contributed by atoms with E-state index in [1.807, 2.05) is 12.1 Å². The molecule has 1 aromatic carbocycles. The fourth-order valence-corrected chi connectivity index (χ4v) is 1.06. The van der Waals surface area contributed by atoms with E-state index in [1.54, 1.807) is 0 Å². The van der Waals surface area contributed by atoms with Gasteiger partial charge in [0.05, 0.1) is 0 Å². The molecule has 0 unspecified atom stereocenters. The summed E-state index contributed by atoms with van der Waals surface area (Å²) in [5.74, 6) is 0. The second-order valence-electron chi connectivity index (χ2n) is 2.26. The Balaban J connectivity index is 0.000001000. The predicted octanol–water partition coefficient (Wildman–Crippen LogP) is 2.24. The van der Waals surface area contributed by atoms with Gasteiger partial charge in [0.1, 0.15) is 0 Å². The Hall–Kier alpha value is -0.0400. The molecule has 0 radical (unpaired) electrons. The van der Waals surface area contributed by atoms with Gasteiger partial charge in [0.25, 0.3) is 0 Å². The van der Waals surface area contributed by atoms with Gasteiger partial charge in [-0.3, -0.25) is 0 Å². The van der Waals surface area contributed by atoms with Crippen molar-refractivity contribution >= 4 is 35.6 Å². The molecule has 0 aromatic heterocycles. The zero-order valence-electron chi connectivity index (χ0n) is 6.30. The third kappa shape index (κ3) is 2.82. The van der Waals surface area contributed by atoms with Crippen LogP contribution in [0.4, 0.5) is 0 Å². The first kappa shape index (κ1) is 11.0. The van der Waals surface area contributed by atoms with Gasteiger partial charge in [0.2, 0.25) is 0 Å². The van der Waals surface area contributed by atoms with Gasteiger partial charge in [-0.25, -0.2) is 0 Å². The number of hydrogen-bond acceptors (Lipinski definition) is 0. The number of benzene rings is 1. The Morgan fingerprint density at radius 2 is 2.00 bits per heavy atom. The Morgan fingerprint density at radius 1 is 1.36 bits per heavy atom. The molecule has 1 heteroatoms. The Bertz CT molecular complexity index is 228. The molecule has 0 aliphatic carbocycles. The van der Waals surface area contributed by atoms with Crippen LogP contribution in [-0.2, 0) is 6.42 Å². The molecule has 0 atom stereocenters. The van der Waals surface area contributed by atoms with E-state index in [1.165, 1.54) is 11.1 Å². The summed E-state index contributed by atoms with van der Waals surface area (Å²) >= 11 is 0. The molecule has 0 aliphatic heterocycles. The average molecular weight is 156 g/mol. The monoisotopic (exact) mass is 156 g/mol. The third-order valence-electron chi connectivity index (χ3n) is 1.66. The van der Waals surface area contributed by atoms with Crippen molar-refractivity contribution in [2.45, 2.75) is 13.3 Å². The van der Waals surface area contributed by atoms with Gasteiger partial charge in [0, 0.05) is 0 Å². The third-order valence-corrected chi connectivity index (χ3v) is 1.66. The molecule has 11 heavy (non-hydrogen) atoms. The maximum atomic E-state index is 3.74. The van der Waals surface area contributed by atoms with Crippen LogP contribution in [-0.4, -0.2) is 29.6 Å². The SMILES string of the molecule is C=Cc1ccccc1CC.[NaH]. The van der Waals surface area contributed by atoms with Crippen molar-refractivity contribution in [1.82, 2.24) is 0 Å². The van der Waals surface area contributed by atoms with Crippen molar-refractivity contribution in [3.8, 4) is 0 Å². The number of hydrogen-bond donors (Lipinski definition) is 0. The molecular formula is C10H13Na. The summed E-state index contributed by atoms with van der Waals surface area (Å²) in [5, 5.41) is 0. The van der Waals surface area contributed by atoms with Crippen molar-refractivity contribution in [2.75, 3.05) is 0 Å². The second-order valence-corrected chi connectivity index (χ2v) is 2.26. The van der Waals surface area contributed by atoms with E-state index in [-0.39, 0.29) is 29.6 Å². The maximum absolute atomic E-state index is 3.74. The summed E-state index contributed by atoms with van der Waals surface area (Å²) < 4.78 is 0. The van der Waals surface area contributed by atoms with Gasteiger partial charge in [-0.2, -0.15) is 0 Å². The Morgan fingerprint density at radius 3 is 2.45 bits per heavy atom. The van der Waals surface area contributed by atoms with E-state index < -0.39 is 0 Å². The summed E-state index contributed by atoms with van der Waals surface area (Å²) in [6, 6.07) is 8.32. The van der Waals surface area contributed by atoms with Crippen LogP contribution in [0.25, 0.3) is 6.08 Å². The van der Waals surface area contributed by atoms with Gasteiger partial charge in [-0.15, -0.1) is 0 Å². The summed E-state index contributed by atoms with van der Waals surface area (Å²) in [4.78, 5) is 0. The van der Waals surface area contributed by atoms with Crippen LogP contribution in [0.3, 0.4) is 0 Å². The quantitative estimate of drug-likeness (QED) is 0.576. The minimum absolute atomic E-state index is 0. The van der Waals surface area contributed by atoms with Crippen molar-refractivity contribution in [2.24, 2.45) is 0 Å². The summed E-state index contributed by atoms with van der Waals surface area (Å²) in [5.41, 5.74) is 2.63. The van der Waals surface area contributed by atoms with Gasteiger partial charge < -0.3 is 0 Å². The van der Waals surface area contributed by atoms with E-state index in [4.69, 9.17) is 0 Å². The number of aryl methyl sites for hydroxylation is 1. The molecule has 0 spiro atoms. The summed E-state index contributed by atoms with van der Waals surface area (Å²) in [7, 11) is 0. The fraction of sp³-hybridized carbons (Fsp3) is 0.200. The molecule has 0 saturated heterocycles. The van der Waals surface area contributed by atoms with Crippen LogP contribution in [0.2, 0.25) is 0 Å². The molecule has 0 fully saturated rings. The summed E-state index contributed by atoms with van der Waals surface area (Å²) in [6.45, 7) is 5.89. The topological polar surface area (TPSA) is 0 Å². The van der Waals surface area contributed by atoms with Crippen LogP contribution in [0, 0.1) is 0 Å². The molecule has 0 nitrogen and oxygen atoms in total. The zero-order valence-corrected chi connectivity index (χ0v) is 6.30. The normalized spacial score (nSPS) is 8.45. The molecule has 0 heterocycles. The van der Waals surface area contributed by atoms with Crippen LogP contribution >= 0.6 is 0 Å². The van der Waals surface area contributed by atoms with Crippen LogP contribution in [0.1, 0.15) is 18.1 Å². The zero-order chi connectivity index (χ0) is 7.40. The molecule has 1 aromatic rings. The molecule has 0 bridgehead atoms. The van der Waals surface area contributed by atoms with Crippen LogP contribution < -0.4 is 0 Å². The first-order chi connectivity index (χ1) is 4.88. The van der Waals surface area contributed by atoms with Gasteiger partial charge in [-0.1, -0.05) is 43.8 Å². The van der Waals surface area contributed by atoms with Gasteiger partial charge in [0.15, 0.2) is 0 Å². The molecule has 54 valence electrons. The predicted molar refractivity (Wildman–Crippen MR) is 53.1 cm³/mol. The molecule has 0 amide bonds. The van der Waals surface area contributed by atoms with Crippen molar-refractivity contribution in [1.29, 1.82) is 0 Å². The molecule has 0 N–H and O–H groups in total.